The number of halogens is 4. The lowest BCUT2D eigenvalue weighted by molar-refractivity contribution is -0.137. The molecule has 1 fully saturated rings. The molecular weight excluding hydrogens is 526 g/mol. The van der Waals surface area contributed by atoms with Gasteiger partial charge in [0.1, 0.15) is 12.1 Å². The van der Waals surface area contributed by atoms with Crippen molar-refractivity contribution < 1.29 is 17.7 Å². The normalized spacial score (nSPS) is 15.5. The summed E-state index contributed by atoms with van der Waals surface area (Å²) in [6.45, 7) is 5.62. The Morgan fingerprint density at radius 3 is 2.52 bits per heavy atom. The predicted molar refractivity (Wildman–Crippen MR) is 122 cm³/mol. The molecule has 0 unspecified atom stereocenters. The molecule has 0 amide bonds. The number of rotatable bonds is 7. The third-order valence-corrected chi connectivity index (χ3v) is 4.79. The number of piperazine rings is 1. The van der Waals surface area contributed by atoms with Crippen molar-refractivity contribution in [1.82, 2.24) is 25.3 Å². The van der Waals surface area contributed by atoms with Crippen molar-refractivity contribution >= 4 is 35.8 Å². The average Bonchev–Trinajstić information content (AvgIpc) is 3.24. The van der Waals surface area contributed by atoms with Crippen molar-refractivity contribution in [3.8, 4) is 0 Å². The van der Waals surface area contributed by atoms with Gasteiger partial charge in [-0.3, -0.25) is 9.89 Å². The summed E-state index contributed by atoms with van der Waals surface area (Å²) in [5, 5.41) is 10.3. The Bertz CT molecular complexity index is 792. The first kappa shape index (κ1) is 25.2. The molecule has 2 aromatic rings. The second-order valence-electron chi connectivity index (χ2n) is 6.94. The van der Waals surface area contributed by atoms with Gasteiger partial charge in [-0.05, 0) is 18.6 Å². The van der Waals surface area contributed by atoms with Gasteiger partial charge in [-0.15, -0.1) is 24.0 Å². The molecule has 3 rings (SSSR count). The van der Waals surface area contributed by atoms with E-state index in [9.17, 15) is 13.2 Å². The van der Waals surface area contributed by atoms with Gasteiger partial charge in [0.2, 0.25) is 0 Å². The van der Waals surface area contributed by atoms with Gasteiger partial charge in [-0.25, -0.2) is 4.98 Å². The Hall–Kier alpha value is -2.09. The summed E-state index contributed by atoms with van der Waals surface area (Å²) < 4.78 is 42.5. The molecule has 3 heterocycles. The van der Waals surface area contributed by atoms with Crippen molar-refractivity contribution in [2.24, 2.45) is 4.99 Å². The van der Waals surface area contributed by atoms with Crippen LogP contribution in [0.4, 0.5) is 19.0 Å². The first-order valence-electron chi connectivity index (χ1n) is 9.80. The van der Waals surface area contributed by atoms with Crippen molar-refractivity contribution in [3.63, 3.8) is 0 Å². The van der Waals surface area contributed by atoms with Crippen LogP contribution >= 0.6 is 24.0 Å². The van der Waals surface area contributed by atoms with Crippen LogP contribution in [0.25, 0.3) is 0 Å². The number of hydrogen-bond acceptors (Lipinski definition) is 6. The summed E-state index contributed by atoms with van der Waals surface area (Å²) in [6, 6.07) is 4.24. The van der Waals surface area contributed by atoms with E-state index in [-0.39, 0.29) is 24.0 Å². The highest BCUT2D eigenvalue weighted by Gasteiger charge is 2.30. The minimum atomic E-state index is -4.37. The first-order chi connectivity index (χ1) is 14.5. The fourth-order valence-electron chi connectivity index (χ4n) is 3.17. The van der Waals surface area contributed by atoms with E-state index >= 15 is 0 Å². The summed E-state index contributed by atoms with van der Waals surface area (Å²) in [4.78, 5) is 12.7. The van der Waals surface area contributed by atoms with E-state index < -0.39 is 11.7 Å². The van der Waals surface area contributed by atoms with E-state index in [0.717, 1.165) is 63.1 Å². The molecule has 0 atom stereocenters. The second-order valence-corrected chi connectivity index (χ2v) is 6.94. The molecule has 1 aliphatic rings. The van der Waals surface area contributed by atoms with Crippen LogP contribution in [0.5, 0.6) is 0 Å². The fraction of sp³-hybridized carbons (Fsp3) is 0.526. The minimum absolute atomic E-state index is 0. The molecule has 31 heavy (non-hydrogen) atoms. The SMILES string of the molecule is CN=C(NCCCNc1ccc(C(F)(F)F)cn1)N1CCN(Cc2ccon2)CC1.I. The van der Waals surface area contributed by atoms with Crippen LogP contribution in [0.1, 0.15) is 17.7 Å². The van der Waals surface area contributed by atoms with E-state index in [1.807, 2.05) is 6.07 Å². The molecule has 172 valence electrons. The van der Waals surface area contributed by atoms with Crippen LogP contribution in [0.3, 0.4) is 0 Å². The highest BCUT2D eigenvalue weighted by molar-refractivity contribution is 14.0. The highest BCUT2D eigenvalue weighted by atomic mass is 127. The zero-order valence-corrected chi connectivity index (χ0v) is 19.6. The minimum Gasteiger partial charge on any atom is -0.370 e. The van der Waals surface area contributed by atoms with Gasteiger partial charge in [0.05, 0.1) is 11.3 Å². The molecule has 0 aromatic carbocycles. The molecule has 0 radical (unpaired) electrons. The van der Waals surface area contributed by atoms with Gasteiger partial charge in [-0.1, -0.05) is 5.16 Å². The van der Waals surface area contributed by atoms with E-state index in [1.54, 1.807) is 13.3 Å². The van der Waals surface area contributed by atoms with Gasteiger partial charge in [0, 0.05) is 65.1 Å². The number of guanidine groups is 1. The van der Waals surface area contributed by atoms with Crippen LogP contribution in [-0.2, 0) is 12.7 Å². The molecule has 8 nitrogen and oxygen atoms in total. The average molecular weight is 553 g/mol. The number of aromatic nitrogens is 2. The monoisotopic (exact) mass is 553 g/mol. The smallest absolute Gasteiger partial charge is 0.370 e. The zero-order chi connectivity index (χ0) is 21.4. The van der Waals surface area contributed by atoms with Gasteiger partial charge in [0.25, 0.3) is 0 Å². The van der Waals surface area contributed by atoms with Crippen LogP contribution in [0.2, 0.25) is 0 Å². The van der Waals surface area contributed by atoms with Gasteiger partial charge >= 0.3 is 6.18 Å². The maximum Gasteiger partial charge on any atom is 0.417 e. The molecule has 12 heteroatoms. The summed E-state index contributed by atoms with van der Waals surface area (Å²) >= 11 is 0. The van der Waals surface area contributed by atoms with Gasteiger partial charge < -0.3 is 20.1 Å². The van der Waals surface area contributed by atoms with Crippen LogP contribution in [0, 0.1) is 0 Å². The molecule has 0 bridgehead atoms. The Kier molecular flexibility index (Phi) is 9.81. The van der Waals surface area contributed by atoms with Crippen LogP contribution < -0.4 is 10.6 Å². The molecule has 2 aromatic heterocycles. The van der Waals surface area contributed by atoms with Gasteiger partial charge in [0.15, 0.2) is 5.96 Å². The largest absolute Gasteiger partial charge is 0.417 e. The van der Waals surface area contributed by atoms with Gasteiger partial charge in [-0.2, -0.15) is 13.2 Å². The Morgan fingerprint density at radius 1 is 1.16 bits per heavy atom. The molecule has 0 aliphatic carbocycles. The number of anilines is 1. The first-order valence-corrected chi connectivity index (χ1v) is 9.80. The van der Waals surface area contributed by atoms with E-state index in [4.69, 9.17) is 4.52 Å². The molecule has 2 N–H and O–H groups in total. The number of nitrogens with zero attached hydrogens (tertiary/aromatic N) is 5. The molecule has 0 saturated carbocycles. The lowest BCUT2D eigenvalue weighted by Crippen LogP contribution is -2.52. The Balaban J connectivity index is 0.00000341. The predicted octanol–water partition coefficient (Wildman–Crippen LogP) is 2.90. The third kappa shape index (κ3) is 7.83. The maximum absolute atomic E-state index is 12.5. The number of aliphatic imine (C=N–C) groups is 1. The quantitative estimate of drug-likeness (QED) is 0.236. The summed E-state index contributed by atoms with van der Waals surface area (Å²) in [7, 11) is 1.76. The maximum atomic E-state index is 12.5. The summed E-state index contributed by atoms with van der Waals surface area (Å²) in [6.07, 6.45) is -1.18. The summed E-state index contributed by atoms with van der Waals surface area (Å²) in [5.41, 5.74) is 0.181. The number of pyridine rings is 1. The van der Waals surface area contributed by atoms with E-state index in [0.29, 0.717) is 18.9 Å². The second kappa shape index (κ2) is 12.1. The van der Waals surface area contributed by atoms with Crippen LogP contribution in [0.15, 0.2) is 40.2 Å². The van der Waals surface area contributed by atoms with Crippen molar-refractivity contribution in [2.45, 2.75) is 19.1 Å². The molecule has 1 aliphatic heterocycles. The highest BCUT2D eigenvalue weighted by Crippen LogP contribution is 2.28. The van der Waals surface area contributed by atoms with E-state index in [2.05, 4.69) is 35.6 Å². The van der Waals surface area contributed by atoms with Crippen LogP contribution in [-0.4, -0.2) is 72.2 Å². The molecular formula is C19H27F3IN7O. The zero-order valence-electron chi connectivity index (χ0n) is 17.2. The molecule has 1 saturated heterocycles. The number of nitrogens with one attached hydrogen (secondary N) is 2. The van der Waals surface area contributed by atoms with Crippen molar-refractivity contribution in [3.05, 3.63) is 41.9 Å². The topological polar surface area (TPSA) is 81.8 Å². The molecule has 0 spiro atoms. The standard InChI is InChI=1S/C19H26F3N7O.HI/c1-23-18(29-10-8-28(9-11-29)14-16-5-12-30-27-16)25-7-2-6-24-17-4-3-15(13-26-17)19(20,21)22;/h3-5,12-13H,2,6-11,14H2,1H3,(H,23,25)(H,24,26);1H. The number of hydrogen-bond donors (Lipinski definition) is 2. The Morgan fingerprint density at radius 2 is 1.94 bits per heavy atom. The lowest BCUT2D eigenvalue weighted by Gasteiger charge is -2.36. The fourth-order valence-corrected chi connectivity index (χ4v) is 3.17. The Labute approximate surface area is 196 Å². The third-order valence-electron chi connectivity index (χ3n) is 4.79. The van der Waals surface area contributed by atoms with Crippen molar-refractivity contribution in [1.29, 1.82) is 0 Å². The number of alkyl halides is 3. The van der Waals surface area contributed by atoms with Crippen molar-refractivity contribution in [2.75, 3.05) is 51.6 Å². The summed E-state index contributed by atoms with van der Waals surface area (Å²) in [5.74, 6) is 1.28. The lowest BCUT2D eigenvalue weighted by atomic mass is 10.3. The van der Waals surface area contributed by atoms with E-state index in [1.165, 1.54) is 6.07 Å².